The summed E-state index contributed by atoms with van der Waals surface area (Å²) in [5.41, 5.74) is 4.03. The van der Waals surface area contributed by atoms with Gasteiger partial charge in [0.1, 0.15) is 6.29 Å². The van der Waals surface area contributed by atoms with Gasteiger partial charge in [-0.1, -0.05) is 12.1 Å². The highest BCUT2D eigenvalue weighted by Gasteiger charge is 2.28. The third-order valence-electron chi connectivity index (χ3n) is 4.12. The summed E-state index contributed by atoms with van der Waals surface area (Å²) in [6.07, 6.45) is 2.53. The Balaban J connectivity index is 2.05. The predicted octanol–water partition coefficient (Wildman–Crippen LogP) is 1.34. The maximum Gasteiger partial charge on any atom is 0.133 e. The van der Waals surface area contributed by atoms with Crippen LogP contribution in [0.2, 0.25) is 0 Å². The average Bonchev–Trinajstić information content (AvgIpc) is 2.47. The van der Waals surface area contributed by atoms with Crippen LogP contribution in [0.25, 0.3) is 0 Å². The van der Waals surface area contributed by atoms with Crippen molar-refractivity contribution in [3.63, 3.8) is 0 Å². The van der Waals surface area contributed by atoms with Gasteiger partial charge in [0.05, 0.1) is 5.92 Å². The van der Waals surface area contributed by atoms with Crippen LogP contribution in [-0.4, -0.2) is 38.2 Å². The molecule has 1 atom stereocenters. The van der Waals surface area contributed by atoms with E-state index in [1.165, 1.54) is 5.56 Å². The molecule has 1 aromatic rings. The van der Waals surface area contributed by atoms with E-state index < -0.39 is 0 Å². The first kappa shape index (κ1) is 12.4. The average molecular weight is 257 g/mol. The van der Waals surface area contributed by atoms with Gasteiger partial charge >= 0.3 is 0 Å². The van der Waals surface area contributed by atoms with E-state index in [-0.39, 0.29) is 5.92 Å². The molecule has 1 aliphatic carbocycles. The molecule has 0 bridgehead atoms. The van der Waals surface area contributed by atoms with Crippen molar-refractivity contribution < 1.29 is 4.79 Å². The van der Waals surface area contributed by atoms with E-state index in [1.54, 1.807) is 0 Å². The van der Waals surface area contributed by atoms with Crippen LogP contribution >= 0.6 is 0 Å². The van der Waals surface area contributed by atoms with Crippen molar-refractivity contribution >= 4 is 17.7 Å². The number of fused-ring (bicyclic) bond motifs is 1. The van der Waals surface area contributed by atoms with Gasteiger partial charge in [0.25, 0.3) is 0 Å². The molecule has 0 radical (unpaired) electrons. The number of carbonyl (C=O) groups excluding carboxylic acids is 1. The van der Waals surface area contributed by atoms with E-state index in [4.69, 9.17) is 5.41 Å². The molecule has 2 aliphatic rings. The van der Waals surface area contributed by atoms with Crippen LogP contribution in [-0.2, 0) is 11.2 Å². The molecule has 0 spiro atoms. The van der Waals surface area contributed by atoms with Gasteiger partial charge in [0.15, 0.2) is 0 Å². The number of rotatable bonds is 2. The van der Waals surface area contributed by atoms with Crippen molar-refractivity contribution in [1.82, 2.24) is 5.32 Å². The fourth-order valence-electron chi connectivity index (χ4n) is 3.11. The van der Waals surface area contributed by atoms with E-state index in [0.717, 1.165) is 50.1 Å². The summed E-state index contributed by atoms with van der Waals surface area (Å²) in [7, 11) is 0. The van der Waals surface area contributed by atoms with E-state index >= 15 is 0 Å². The number of benzene rings is 1. The topological polar surface area (TPSA) is 56.2 Å². The standard InChI is InChI=1S/C15H19N3O/c16-13-5-4-11-2-1-3-14(15(11)12(13)10-19)18-8-6-17-7-9-18/h1-3,10,12,16-17H,4-9H2. The largest absolute Gasteiger partial charge is 0.369 e. The zero-order valence-electron chi connectivity index (χ0n) is 11.0. The number of nitrogens with zero attached hydrogens (tertiary/aromatic N) is 1. The minimum atomic E-state index is -0.338. The number of hydrogen-bond acceptors (Lipinski definition) is 4. The molecular weight excluding hydrogens is 238 g/mol. The second-order valence-electron chi connectivity index (χ2n) is 5.23. The smallest absolute Gasteiger partial charge is 0.133 e. The van der Waals surface area contributed by atoms with Crippen molar-refractivity contribution in [2.24, 2.45) is 0 Å². The lowest BCUT2D eigenvalue weighted by Crippen LogP contribution is -2.44. The predicted molar refractivity (Wildman–Crippen MR) is 76.4 cm³/mol. The fourth-order valence-corrected chi connectivity index (χ4v) is 3.11. The molecule has 0 aromatic heterocycles. The summed E-state index contributed by atoms with van der Waals surface area (Å²) >= 11 is 0. The molecule has 3 rings (SSSR count). The zero-order valence-corrected chi connectivity index (χ0v) is 11.0. The summed E-state index contributed by atoms with van der Waals surface area (Å²) < 4.78 is 0. The molecule has 1 aromatic carbocycles. The number of aldehydes is 1. The molecule has 100 valence electrons. The third-order valence-corrected chi connectivity index (χ3v) is 4.12. The molecule has 0 saturated carbocycles. The normalized spacial score (nSPS) is 23.1. The van der Waals surface area contributed by atoms with Gasteiger partial charge in [0, 0.05) is 37.6 Å². The van der Waals surface area contributed by atoms with Crippen LogP contribution in [0.1, 0.15) is 23.5 Å². The minimum Gasteiger partial charge on any atom is -0.369 e. The summed E-state index contributed by atoms with van der Waals surface area (Å²) in [5.74, 6) is -0.338. The minimum absolute atomic E-state index is 0.338. The molecule has 4 nitrogen and oxygen atoms in total. The Bertz CT molecular complexity index is 506. The van der Waals surface area contributed by atoms with Crippen molar-refractivity contribution in [3.05, 3.63) is 29.3 Å². The lowest BCUT2D eigenvalue weighted by atomic mass is 9.81. The van der Waals surface area contributed by atoms with E-state index in [0.29, 0.717) is 12.1 Å². The van der Waals surface area contributed by atoms with Crippen LogP contribution in [0, 0.1) is 5.41 Å². The van der Waals surface area contributed by atoms with Gasteiger partial charge in [-0.15, -0.1) is 0 Å². The molecule has 1 aliphatic heterocycles. The SMILES string of the molecule is N=C1CCc2cccc(N3CCNCC3)c2C1C=O. The Morgan fingerprint density at radius 2 is 2.05 bits per heavy atom. The highest BCUT2D eigenvalue weighted by atomic mass is 16.1. The fraction of sp³-hybridized carbons (Fsp3) is 0.467. The van der Waals surface area contributed by atoms with Crippen LogP contribution in [0.3, 0.4) is 0 Å². The quantitative estimate of drug-likeness (QED) is 0.786. The third kappa shape index (κ3) is 2.16. The maximum absolute atomic E-state index is 11.4. The monoisotopic (exact) mass is 257 g/mol. The lowest BCUT2D eigenvalue weighted by molar-refractivity contribution is -0.107. The summed E-state index contributed by atoms with van der Waals surface area (Å²) in [4.78, 5) is 13.7. The van der Waals surface area contributed by atoms with Crippen LogP contribution in [0.4, 0.5) is 5.69 Å². The second-order valence-corrected chi connectivity index (χ2v) is 5.23. The molecule has 1 unspecified atom stereocenters. The van der Waals surface area contributed by atoms with Gasteiger partial charge in [-0.3, -0.25) is 0 Å². The van der Waals surface area contributed by atoms with Gasteiger partial charge in [-0.05, 0) is 30.0 Å². The van der Waals surface area contributed by atoms with Crippen molar-refractivity contribution in [2.75, 3.05) is 31.1 Å². The Morgan fingerprint density at radius 3 is 2.79 bits per heavy atom. The first-order chi connectivity index (χ1) is 9.31. The number of aryl methyl sites for hydroxylation is 1. The van der Waals surface area contributed by atoms with Crippen molar-refractivity contribution in [3.8, 4) is 0 Å². The first-order valence-electron chi connectivity index (χ1n) is 6.91. The van der Waals surface area contributed by atoms with Gasteiger partial charge < -0.3 is 20.4 Å². The van der Waals surface area contributed by atoms with Crippen molar-refractivity contribution in [2.45, 2.75) is 18.8 Å². The maximum atomic E-state index is 11.4. The first-order valence-corrected chi connectivity index (χ1v) is 6.91. The number of anilines is 1. The highest BCUT2D eigenvalue weighted by molar-refractivity contribution is 6.03. The van der Waals surface area contributed by atoms with Gasteiger partial charge in [0.2, 0.25) is 0 Å². The molecule has 1 fully saturated rings. The van der Waals surface area contributed by atoms with Crippen LogP contribution in [0.15, 0.2) is 18.2 Å². The van der Waals surface area contributed by atoms with Gasteiger partial charge in [-0.2, -0.15) is 0 Å². The zero-order chi connectivity index (χ0) is 13.2. The second kappa shape index (κ2) is 5.13. The Labute approximate surface area is 113 Å². The summed E-state index contributed by atoms with van der Waals surface area (Å²) in [6.45, 7) is 3.89. The van der Waals surface area contributed by atoms with E-state index in [2.05, 4.69) is 28.4 Å². The lowest BCUT2D eigenvalue weighted by Gasteiger charge is -2.34. The molecule has 0 amide bonds. The summed E-state index contributed by atoms with van der Waals surface area (Å²) in [5, 5.41) is 11.4. The van der Waals surface area contributed by atoms with E-state index in [9.17, 15) is 4.79 Å². The number of carbonyl (C=O) groups is 1. The Morgan fingerprint density at radius 1 is 1.26 bits per heavy atom. The molecule has 1 heterocycles. The molecular formula is C15H19N3O. The highest BCUT2D eigenvalue weighted by Crippen LogP contribution is 2.35. The van der Waals surface area contributed by atoms with Crippen LogP contribution < -0.4 is 10.2 Å². The summed E-state index contributed by atoms with van der Waals surface area (Å²) in [6, 6.07) is 6.27. The van der Waals surface area contributed by atoms with E-state index in [1.807, 2.05) is 0 Å². The molecule has 4 heteroatoms. The van der Waals surface area contributed by atoms with Crippen LogP contribution in [0.5, 0.6) is 0 Å². The molecule has 2 N–H and O–H groups in total. The number of piperazine rings is 1. The Hall–Kier alpha value is -1.68. The molecule has 1 saturated heterocycles. The Kier molecular flexibility index (Phi) is 3.34. The number of hydrogen-bond donors (Lipinski definition) is 2. The molecule has 19 heavy (non-hydrogen) atoms. The van der Waals surface area contributed by atoms with Crippen molar-refractivity contribution in [1.29, 1.82) is 5.41 Å². The van der Waals surface area contributed by atoms with Gasteiger partial charge in [-0.25, -0.2) is 0 Å². The number of nitrogens with one attached hydrogen (secondary N) is 2.